The molecule has 0 amide bonds. The molecule has 0 bridgehead atoms. The van der Waals surface area contributed by atoms with Gasteiger partial charge in [-0.1, -0.05) is 205 Å². The minimum Gasteiger partial charge on any atom is -0.479 e. The van der Waals surface area contributed by atoms with Gasteiger partial charge in [0.15, 0.2) is 24.6 Å². The van der Waals surface area contributed by atoms with Crippen molar-refractivity contribution in [2.24, 2.45) is 0 Å². The van der Waals surface area contributed by atoms with Crippen molar-refractivity contribution < 1.29 is 58.2 Å². The van der Waals surface area contributed by atoms with Crippen LogP contribution in [0.4, 0.5) is 0 Å². The predicted octanol–water partition coefficient (Wildman–Crippen LogP) is 15.2. The number of unbranched alkanes of at least 4 members (excludes halogenated alkanes) is 31. The van der Waals surface area contributed by atoms with E-state index in [-0.39, 0.29) is 25.9 Å². The second-order valence-corrected chi connectivity index (χ2v) is 20.6. The number of carbonyl (C=O) groups is 4. The number of esters is 3. The van der Waals surface area contributed by atoms with Gasteiger partial charge in [0.05, 0.1) is 6.61 Å². The number of carboxylic acid groups (broad SMARTS) is 1. The number of aliphatic hydroxyl groups excluding tert-OH is 2. The Bertz CT molecular complexity index is 1410. The number of carboxylic acids is 1. The van der Waals surface area contributed by atoms with Crippen molar-refractivity contribution in [3.63, 3.8) is 0 Å². The van der Waals surface area contributed by atoms with Crippen molar-refractivity contribution in [3.05, 3.63) is 36.5 Å². The highest BCUT2D eigenvalue weighted by Crippen LogP contribution is 2.26. The standard InChI is InChI=1S/C61H108O12/c1-4-7-10-13-16-19-22-24-25-26-27-28-29-31-33-35-38-41-44-47-53(62)69-50-52(71-54(63)48-45-42-39-36-32-21-18-15-12-9-6-3)51-70-61-59(57(66)56(65)58(73-61)60(67)68)72-55(64)49-46-43-40-37-34-30-23-20-17-14-11-8-5-2/h15,18,20,23-25,52,56-59,61,65-66H,4-14,16-17,19,21-22,26-51H2,1-3H3,(H,67,68)/b18-15-,23-20-,25-24-. The smallest absolute Gasteiger partial charge is 0.335 e. The summed E-state index contributed by atoms with van der Waals surface area (Å²) in [6, 6.07) is 0. The van der Waals surface area contributed by atoms with E-state index in [0.29, 0.717) is 19.3 Å². The van der Waals surface area contributed by atoms with Crippen LogP contribution in [0.15, 0.2) is 36.5 Å². The van der Waals surface area contributed by atoms with Gasteiger partial charge in [-0.15, -0.1) is 0 Å². The third kappa shape index (κ3) is 39.9. The molecule has 0 aromatic rings. The molecular formula is C61H108O12. The molecule has 0 spiro atoms. The molecule has 1 aliphatic heterocycles. The fraction of sp³-hybridized carbons (Fsp3) is 0.836. The number of carbonyl (C=O) groups excluding carboxylic acids is 3. The first-order valence-corrected chi connectivity index (χ1v) is 30.0. The van der Waals surface area contributed by atoms with E-state index in [2.05, 4.69) is 57.2 Å². The number of allylic oxidation sites excluding steroid dienone is 6. The SMILES string of the molecule is CCCC/C=C\CCCCCCCC(=O)OC(COC(=O)CCCCCCCCCCC/C=C\CCCCCCCC)COC1OC(C(=O)O)C(O)C(O)C1OC(=O)CCCCCCC/C=C\CCCCCC. The van der Waals surface area contributed by atoms with Crippen molar-refractivity contribution in [1.82, 2.24) is 0 Å². The van der Waals surface area contributed by atoms with Gasteiger partial charge < -0.3 is 39.0 Å². The molecule has 0 aromatic carbocycles. The third-order valence-corrected chi connectivity index (χ3v) is 13.7. The summed E-state index contributed by atoms with van der Waals surface area (Å²) < 4.78 is 28.4. The fourth-order valence-corrected chi connectivity index (χ4v) is 8.99. The first-order chi connectivity index (χ1) is 35.6. The van der Waals surface area contributed by atoms with Crippen LogP contribution in [0.5, 0.6) is 0 Å². The van der Waals surface area contributed by atoms with E-state index in [9.17, 15) is 34.5 Å². The second kappa shape index (κ2) is 49.8. The fourth-order valence-electron chi connectivity index (χ4n) is 8.99. The number of rotatable bonds is 51. The molecule has 424 valence electrons. The molecule has 12 nitrogen and oxygen atoms in total. The van der Waals surface area contributed by atoms with Crippen molar-refractivity contribution in [2.45, 2.75) is 314 Å². The molecular weight excluding hydrogens is 925 g/mol. The largest absolute Gasteiger partial charge is 0.479 e. The van der Waals surface area contributed by atoms with Crippen LogP contribution in [0.3, 0.4) is 0 Å². The highest BCUT2D eigenvalue weighted by atomic mass is 16.7. The number of hydrogen-bond acceptors (Lipinski definition) is 11. The van der Waals surface area contributed by atoms with Gasteiger partial charge >= 0.3 is 23.9 Å². The van der Waals surface area contributed by atoms with Crippen LogP contribution in [0.25, 0.3) is 0 Å². The Balaban J connectivity index is 2.65. The lowest BCUT2D eigenvalue weighted by molar-refractivity contribution is -0.301. The topological polar surface area (TPSA) is 175 Å². The molecule has 6 unspecified atom stereocenters. The molecule has 12 heteroatoms. The van der Waals surface area contributed by atoms with Crippen LogP contribution in [-0.2, 0) is 42.9 Å². The zero-order chi connectivity index (χ0) is 53.3. The zero-order valence-corrected chi connectivity index (χ0v) is 46.6. The van der Waals surface area contributed by atoms with Gasteiger partial charge in [-0.25, -0.2) is 4.79 Å². The van der Waals surface area contributed by atoms with Crippen molar-refractivity contribution in [3.8, 4) is 0 Å². The number of hydrogen-bond donors (Lipinski definition) is 3. The zero-order valence-electron chi connectivity index (χ0n) is 46.6. The Kier molecular flexibility index (Phi) is 46.4. The van der Waals surface area contributed by atoms with Crippen LogP contribution in [0.1, 0.15) is 278 Å². The van der Waals surface area contributed by atoms with Gasteiger partial charge in [0, 0.05) is 19.3 Å². The maximum Gasteiger partial charge on any atom is 0.335 e. The summed E-state index contributed by atoms with van der Waals surface area (Å²) in [7, 11) is 0. The molecule has 0 aliphatic carbocycles. The Morgan fingerprint density at radius 1 is 0.438 bits per heavy atom. The molecule has 1 heterocycles. The van der Waals surface area contributed by atoms with E-state index in [1.54, 1.807) is 0 Å². The van der Waals surface area contributed by atoms with Gasteiger partial charge in [0.25, 0.3) is 0 Å². The highest BCUT2D eigenvalue weighted by Gasteiger charge is 2.50. The van der Waals surface area contributed by atoms with Crippen LogP contribution in [0.2, 0.25) is 0 Å². The number of aliphatic hydroxyl groups is 2. The molecule has 0 radical (unpaired) electrons. The van der Waals surface area contributed by atoms with Crippen molar-refractivity contribution in [2.75, 3.05) is 13.2 Å². The summed E-state index contributed by atoms with van der Waals surface area (Å²) in [4.78, 5) is 51.0. The first kappa shape index (κ1) is 68.0. The summed E-state index contributed by atoms with van der Waals surface area (Å²) in [6.07, 6.45) is 45.5. The Hall–Kier alpha value is -3.06. The van der Waals surface area contributed by atoms with E-state index in [0.717, 1.165) is 96.3 Å². The van der Waals surface area contributed by atoms with Gasteiger partial charge in [0.1, 0.15) is 18.8 Å². The third-order valence-electron chi connectivity index (χ3n) is 13.7. The summed E-state index contributed by atoms with van der Waals surface area (Å²) in [5, 5.41) is 31.4. The molecule has 3 N–H and O–H groups in total. The predicted molar refractivity (Wildman–Crippen MR) is 294 cm³/mol. The second-order valence-electron chi connectivity index (χ2n) is 20.6. The number of ether oxygens (including phenoxy) is 5. The molecule has 1 rings (SSSR count). The normalized spacial score (nSPS) is 18.5. The highest BCUT2D eigenvalue weighted by molar-refractivity contribution is 5.74. The minimum absolute atomic E-state index is 0.0516. The van der Waals surface area contributed by atoms with Crippen molar-refractivity contribution >= 4 is 23.9 Å². The molecule has 0 aromatic heterocycles. The van der Waals surface area contributed by atoms with E-state index >= 15 is 0 Å². The van der Waals surface area contributed by atoms with E-state index < -0.39 is 67.3 Å². The van der Waals surface area contributed by atoms with Gasteiger partial charge in [-0.3, -0.25) is 14.4 Å². The molecule has 0 saturated carbocycles. The molecule has 1 fully saturated rings. The monoisotopic (exact) mass is 1030 g/mol. The lowest BCUT2D eigenvalue weighted by Crippen LogP contribution is -2.61. The Morgan fingerprint density at radius 2 is 0.795 bits per heavy atom. The minimum atomic E-state index is -1.90. The average Bonchev–Trinajstić information content (AvgIpc) is 3.37. The van der Waals surface area contributed by atoms with E-state index in [1.165, 1.54) is 122 Å². The first-order valence-electron chi connectivity index (χ1n) is 30.0. The lowest BCUT2D eigenvalue weighted by atomic mass is 9.98. The van der Waals surface area contributed by atoms with Crippen molar-refractivity contribution in [1.29, 1.82) is 0 Å². The molecule has 73 heavy (non-hydrogen) atoms. The van der Waals surface area contributed by atoms with Gasteiger partial charge in [-0.05, 0) is 89.9 Å². The quantitative estimate of drug-likeness (QED) is 0.0228. The summed E-state index contributed by atoms with van der Waals surface area (Å²) in [5.74, 6) is -3.13. The van der Waals surface area contributed by atoms with Crippen LogP contribution in [-0.4, -0.2) is 89.2 Å². The average molecular weight is 1030 g/mol. The van der Waals surface area contributed by atoms with E-state index in [1.807, 2.05) is 0 Å². The molecule has 1 saturated heterocycles. The van der Waals surface area contributed by atoms with Gasteiger partial charge in [-0.2, -0.15) is 0 Å². The van der Waals surface area contributed by atoms with E-state index in [4.69, 9.17) is 23.7 Å². The van der Waals surface area contributed by atoms with Gasteiger partial charge in [0.2, 0.25) is 0 Å². The summed E-state index contributed by atoms with van der Waals surface area (Å²) >= 11 is 0. The molecule has 1 aliphatic rings. The maximum atomic E-state index is 13.1. The summed E-state index contributed by atoms with van der Waals surface area (Å²) in [6.45, 7) is 5.93. The van der Waals surface area contributed by atoms with Crippen LogP contribution < -0.4 is 0 Å². The summed E-state index contributed by atoms with van der Waals surface area (Å²) in [5.41, 5.74) is 0. The maximum absolute atomic E-state index is 13.1. The Labute approximate surface area is 444 Å². The number of aliphatic carboxylic acids is 1. The molecule has 6 atom stereocenters. The van der Waals surface area contributed by atoms with Crippen LogP contribution >= 0.6 is 0 Å². The Morgan fingerprint density at radius 3 is 1.22 bits per heavy atom. The lowest BCUT2D eigenvalue weighted by Gasteiger charge is -2.40. The van der Waals surface area contributed by atoms with Crippen LogP contribution in [0, 0.1) is 0 Å².